The highest BCUT2D eigenvalue weighted by atomic mass is 16.5. The number of aliphatic hydroxyl groups excluding tert-OH is 1. The van der Waals surface area contributed by atoms with Gasteiger partial charge in [-0.2, -0.15) is 5.10 Å². The van der Waals surface area contributed by atoms with Gasteiger partial charge in [0.25, 0.3) is 0 Å². The number of rotatable bonds is 5. The maximum absolute atomic E-state index is 11.6. The summed E-state index contributed by atoms with van der Waals surface area (Å²) in [5, 5.41) is 15.6. The number of hydrogen-bond donors (Lipinski definition) is 2. The zero-order chi connectivity index (χ0) is 12.8. The van der Waals surface area contributed by atoms with Crippen LogP contribution in [0.2, 0.25) is 0 Å². The minimum Gasteiger partial charge on any atom is -0.467 e. The molecule has 1 aromatic rings. The standard InChI is InChI=1S/C10H15N3O4/c1-7(13-5-3-4-12-13)9(15)11-6-8(14)10(16)17-2/h3-5,7-8,14H,6H2,1-2H3,(H,11,15). The third-order valence-electron chi connectivity index (χ3n) is 2.24. The fourth-order valence-corrected chi connectivity index (χ4v) is 1.19. The highest BCUT2D eigenvalue weighted by Gasteiger charge is 2.19. The van der Waals surface area contributed by atoms with Crippen LogP contribution in [0.1, 0.15) is 13.0 Å². The summed E-state index contributed by atoms with van der Waals surface area (Å²) >= 11 is 0. The first-order chi connectivity index (χ1) is 8.06. The topological polar surface area (TPSA) is 93.5 Å². The summed E-state index contributed by atoms with van der Waals surface area (Å²) in [5.41, 5.74) is 0. The fraction of sp³-hybridized carbons (Fsp3) is 0.500. The molecule has 0 saturated heterocycles. The van der Waals surface area contributed by atoms with E-state index in [0.29, 0.717) is 0 Å². The smallest absolute Gasteiger partial charge is 0.336 e. The molecular formula is C10H15N3O4. The van der Waals surface area contributed by atoms with E-state index in [1.807, 2.05) is 0 Å². The quantitative estimate of drug-likeness (QED) is 0.651. The van der Waals surface area contributed by atoms with Gasteiger partial charge in [-0.3, -0.25) is 9.48 Å². The van der Waals surface area contributed by atoms with Gasteiger partial charge in [0.1, 0.15) is 6.04 Å². The molecule has 0 aromatic carbocycles. The molecule has 0 aliphatic rings. The third kappa shape index (κ3) is 3.56. The van der Waals surface area contributed by atoms with Gasteiger partial charge < -0.3 is 15.2 Å². The predicted molar refractivity (Wildman–Crippen MR) is 58.0 cm³/mol. The number of nitrogens with one attached hydrogen (secondary N) is 1. The van der Waals surface area contributed by atoms with Crippen LogP contribution in [0.5, 0.6) is 0 Å². The molecule has 7 nitrogen and oxygen atoms in total. The number of ether oxygens (including phenoxy) is 1. The summed E-state index contributed by atoms with van der Waals surface area (Å²) in [4.78, 5) is 22.5. The Morgan fingerprint density at radius 2 is 2.29 bits per heavy atom. The number of esters is 1. The van der Waals surface area contributed by atoms with Crippen molar-refractivity contribution in [1.82, 2.24) is 15.1 Å². The van der Waals surface area contributed by atoms with Gasteiger partial charge in [0, 0.05) is 12.4 Å². The van der Waals surface area contributed by atoms with Crippen molar-refractivity contribution < 1.29 is 19.4 Å². The largest absolute Gasteiger partial charge is 0.467 e. The number of aliphatic hydroxyl groups is 1. The second-order valence-corrected chi connectivity index (χ2v) is 3.45. The first-order valence-corrected chi connectivity index (χ1v) is 5.09. The monoisotopic (exact) mass is 241 g/mol. The van der Waals surface area contributed by atoms with Gasteiger partial charge in [0.15, 0.2) is 6.10 Å². The number of carbonyl (C=O) groups is 2. The average Bonchev–Trinajstić information content (AvgIpc) is 2.87. The van der Waals surface area contributed by atoms with E-state index < -0.39 is 18.1 Å². The van der Waals surface area contributed by atoms with Gasteiger partial charge >= 0.3 is 5.97 Å². The van der Waals surface area contributed by atoms with Gasteiger partial charge in [-0.1, -0.05) is 0 Å². The Morgan fingerprint density at radius 1 is 1.59 bits per heavy atom. The van der Waals surface area contributed by atoms with Crippen LogP contribution in [0.4, 0.5) is 0 Å². The zero-order valence-electron chi connectivity index (χ0n) is 9.66. The van der Waals surface area contributed by atoms with Crippen molar-refractivity contribution in [3.63, 3.8) is 0 Å². The molecule has 1 rings (SSSR count). The van der Waals surface area contributed by atoms with E-state index in [1.165, 1.54) is 11.8 Å². The maximum Gasteiger partial charge on any atom is 0.336 e. The van der Waals surface area contributed by atoms with Crippen LogP contribution in [0.25, 0.3) is 0 Å². The lowest BCUT2D eigenvalue weighted by molar-refractivity contribution is -0.150. The highest BCUT2D eigenvalue weighted by Crippen LogP contribution is 2.02. The highest BCUT2D eigenvalue weighted by molar-refractivity contribution is 5.81. The van der Waals surface area contributed by atoms with Crippen molar-refractivity contribution in [2.24, 2.45) is 0 Å². The minimum absolute atomic E-state index is 0.183. The number of amides is 1. The van der Waals surface area contributed by atoms with Crippen molar-refractivity contribution in [2.75, 3.05) is 13.7 Å². The Labute approximate surface area is 98.4 Å². The number of hydrogen-bond acceptors (Lipinski definition) is 5. The fourth-order valence-electron chi connectivity index (χ4n) is 1.19. The lowest BCUT2D eigenvalue weighted by Gasteiger charge is -2.14. The molecular weight excluding hydrogens is 226 g/mol. The normalized spacial score (nSPS) is 13.8. The molecule has 0 radical (unpaired) electrons. The van der Waals surface area contributed by atoms with Gasteiger partial charge in [-0.25, -0.2) is 4.79 Å². The van der Waals surface area contributed by atoms with Crippen LogP contribution in [0.15, 0.2) is 18.5 Å². The van der Waals surface area contributed by atoms with Crippen molar-refractivity contribution >= 4 is 11.9 Å². The van der Waals surface area contributed by atoms with E-state index in [4.69, 9.17) is 0 Å². The molecule has 7 heteroatoms. The number of carbonyl (C=O) groups excluding carboxylic acids is 2. The first kappa shape index (κ1) is 13.2. The SMILES string of the molecule is COC(=O)C(O)CNC(=O)C(C)n1cccn1. The van der Waals surface area contributed by atoms with Crippen molar-refractivity contribution in [3.8, 4) is 0 Å². The van der Waals surface area contributed by atoms with Crippen LogP contribution >= 0.6 is 0 Å². The maximum atomic E-state index is 11.6. The summed E-state index contributed by atoms with van der Waals surface area (Å²) in [6.07, 6.45) is 1.86. The molecule has 2 unspecified atom stereocenters. The van der Waals surface area contributed by atoms with Crippen LogP contribution in [0.3, 0.4) is 0 Å². The van der Waals surface area contributed by atoms with Crippen LogP contribution in [-0.4, -0.2) is 46.5 Å². The molecule has 0 bridgehead atoms. The van der Waals surface area contributed by atoms with Crippen molar-refractivity contribution in [1.29, 1.82) is 0 Å². The lowest BCUT2D eigenvalue weighted by Crippen LogP contribution is -2.40. The lowest BCUT2D eigenvalue weighted by atomic mass is 10.3. The van der Waals surface area contributed by atoms with E-state index in [1.54, 1.807) is 25.4 Å². The van der Waals surface area contributed by atoms with Crippen LogP contribution in [-0.2, 0) is 14.3 Å². The van der Waals surface area contributed by atoms with Gasteiger partial charge in [0.05, 0.1) is 13.7 Å². The van der Waals surface area contributed by atoms with Crippen molar-refractivity contribution in [3.05, 3.63) is 18.5 Å². The van der Waals surface area contributed by atoms with Gasteiger partial charge in [0.2, 0.25) is 5.91 Å². The molecule has 1 aromatic heterocycles. The van der Waals surface area contributed by atoms with E-state index in [2.05, 4.69) is 15.2 Å². The first-order valence-electron chi connectivity index (χ1n) is 5.09. The number of nitrogens with zero attached hydrogens (tertiary/aromatic N) is 2. The summed E-state index contributed by atoms with van der Waals surface area (Å²) in [5.74, 6) is -1.12. The second-order valence-electron chi connectivity index (χ2n) is 3.45. The Morgan fingerprint density at radius 3 is 2.82 bits per heavy atom. The molecule has 0 saturated carbocycles. The second kappa shape index (κ2) is 6.00. The minimum atomic E-state index is -1.35. The van der Waals surface area contributed by atoms with Crippen molar-refractivity contribution in [2.45, 2.75) is 19.1 Å². The predicted octanol–water partition coefficient (Wildman–Crippen LogP) is -0.906. The Hall–Kier alpha value is -1.89. The van der Waals surface area contributed by atoms with E-state index in [0.717, 1.165) is 0 Å². The summed E-state index contributed by atoms with van der Waals surface area (Å²) < 4.78 is 5.79. The summed E-state index contributed by atoms with van der Waals surface area (Å²) in [6, 6.07) is 1.20. The Kier molecular flexibility index (Phi) is 4.65. The molecule has 0 aliphatic carbocycles. The average molecular weight is 241 g/mol. The molecule has 0 spiro atoms. The molecule has 0 fully saturated rings. The number of methoxy groups -OCH3 is 1. The number of aromatic nitrogens is 2. The Balaban J connectivity index is 2.42. The van der Waals surface area contributed by atoms with Gasteiger partial charge in [-0.05, 0) is 13.0 Å². The van der Waals surface area contributed by atoms with E-state index in [9.17, 15) is 14.7 Å². The summed E-state index contributed by atoms with van der Waals surface area (Å²) in [6.45, 7) is 1.48. The zero-order valence-corrected chi connectivity index (χ0v) is 9.66. The molecule has 1 heterocycles. The molecule has 0 aliphatic heterocycles. The van der Waals surface area contributed by atoms with E-state index in [-0.39, 0.29) is 12.5 Å². The molecule has 94 valence electrons. The van der Waals surface area contributed by atoms with Crippen LogP contribution in [0, 0.1) is 0 Å². The van der Waals surface area contributed by atoms with Gasteiger partial charge in [-0.15, -0.1) is 0 Å². The molecule has 17 heavy (non-hydrogen) atoms. The molecule has 1 amide bonds. The summed E-state index contributed by atoms with van der Waals surface area (Å²) in [7, 11) is 1.17. The van der Waals surface area contributed by atoms with E-state index >= 15 is 0 Å². The third-order valence-corrected chi connectivity index (χ3v) is 2.24. The Bertz CT molecular complexity index is 377. The van der Waals surface area contributed by atoms with Crippen LogP contribution < -0.4 is 5.32 Å². The molecule has 2 N–H and O–H groups in total. The molecule has 2 atom stereocenters.